The zero-order valence-electron chi connectivity index (χ0n) is 19.3. The summed E-state index contributed by atoms with van der Waals surface area (Å²) in [5.41, 5.74) is 5.72. The minimum absolute atomic E-state index is 0.394. The number of anilines is 1. The third-order valence-electron chi connectivity index (χ3n) is 6.31. The number of pyridine rings is 2. The average molecular weight is 426 g/mol. The van der Waals surface area contributed by atoms with Gasteiger partial charge in [-0.2, -0.15) is 0 Å². The van der Waals surface area contributed by atoms with E-state index in [-0.39, 0.29) is 0 Å². The van der Waals surface area contributed by atoms with Crippen LogP contribution in [0.2, 0.25) is 0 Å². The van der Waals surface area contributed by atoms with Gasteiger partial charge < -0.3 is 9.64 Å². The topological polar surface area (TPSA) is 38.2 Å². The number of benzene rings is 2. The molecule has 1 aliphatic heterocycles. The Morgan fingerprint density at radius 3 is 2.53 bits per heavy atom. The first-order chi connectivity index (χ1) is 15.6. The minimum atomic E-state index is 0.394. The maximum atomic E-state index is 5.84. The molecule has 164 valence electrons. The molecule has 4 heteroatoms. The highest BCUT2D eigenvalue weighted by atomic mass is 16.5. The fourth-order valence-electron chi connectivity index (χ4n) is 4.65. The summed E-state index contributed by atoms with van der Waals surface area (Å²) in [6.07, 6.45) is 3.42. The van der Waals surface area contributed by atoms with Gasteiger partial charge in [0, 0.05) is 35.5 Å². The fourth-order valence-corrected chi connectivity index (χ4v) is 4.65. The Kier molecular flexibility index (Phi) is 5.69. The number of hydrogen-bond acceptors (Lipinski definition) is 4. The monoisotopic (exact) mass is 425 g/mol. The summed E-state index contributed by atoms with van der Waals surface area (Å²) in [5.74, 6) is 2.18. The zero-order valence-corrected chi connectivity index (χ0v) is 19.3. The van der Waals surface area contributed by atoms with Crippen molar-refractivity contribution in [3.63, 3.8) is 0 Å². The van der Waals surface area contributed by atoms with Gasteiger partial charge in [0.2, 0.25) is 5.88 Å². The van der Waals surface area contributed by atoms with Crippen LogP contribution in [0.25, 0.3) is 32.9 Å². The molecule has 4 aromatic rings. The summed E-state index contributed by atoms with van der Waals surface area (Å²) in [4.78, 5) is 12.4. The third kappa shape index (κ3) is 3.90. The standard InChI is InChI=1S/C28H31N3O/c1-4-15-32-27-12-11-22-23(19(2)3)17-21(18-26(22)29-27)24-16-20-9-5-6-10-25(20)30-28(24)31-13-7-8-14-31/h5-6,9-12,16-19H,4,7-8,13-15H2,1-3H3. The Hall–Kier alpha value is -3.14. The van der Waals surface area contributed by atoms with Gasteiger partial charge in [0.05, 0.1) is 17.6 Å². The smallest absolute Gasteiger partial charge is 0.213 e. The van der Waals surface area contributed by atoms with Crippen LogP contribution in [-0.2, 0) is 0 Å². The molecule has 0 atom stereocenters. The molecule has 0 radical (unpaired) electrons. The van der Waals surface area contributed by atoms with Crippen LogP contribution in [0, 0.1) is 0 Å². The number of rotatable bonds is 6. The Bertz CT molecular complexity index is 1260. The summed E-state index contributed by atoms with van der Waals surface area (Å²) in [7, 11) is 0. The Morgan fingerprint density at radius 2 is 1.75 bits per heavy atom. The first kappa shape index (κ1) is 20.7. The van der Waals surface area contributed by atoms with Gasteiger partial charge in [-0.3, -0.25) is 0 Å². The molecule has 4 nitrogen and oxygen atoms in total. The number of ether oxygens (including phenoxy) is 1. The summed E-state index contributed by atoms with van der Waals surface area (Å²) in [6.45, 7) is 9.43. The highest BCUT2D eigenvalue weighted by molar-refractivity contribution is 5.94. The van der Waals surface area contributed by atoms with Gasteiger partial charge in [-0.15, -0.1) is 0 Å². The first-order valence-corrected chi connectivity index (χ1v) is 11.9. The molecule has 0 saturated carbocycles. The van der Waals surface area contributed by atoms with E-state index in [1.54, 1.807) is 0 Å². The molecular weight excluding hydrogens is 394 g/mol. The minimum Gasteiger partial charge on any atom is -0.478 e. The van der Waals surface area contributed by atoms with Gasteiger partial charge in [-0.05, 0) is 60.6 Å². The van der Waals surface area contributed by atoms with E-state index >= 15 is 0 Å². The van der Waals surface area contributed by atoms with Crippen LogP contribution in [0.5, 0.6) is 5.88 Å². The predicted octanol–water partition coefficient (Wildman–Crippen LogP) is 6.96. The van der Waals surface area contributed by atoms with Gasteiger partial charge >= 0.3 is 0 Å². The van der Waals surface area contributed by atoms with Crippen molar-refractivity contribution in [3.05, 3.63) is 60.2 Å². The van der Waals surface area contributed by atoms with Gasteiger partial charge in [-0.1, -0.05) is 45.0 Å². The van der Waals surface area contributed by atoms with Crippen LogP contribution in [0.1, 0.15) is 51.5 Å². The molecule has 1 aliphatic rings. The summed E-state index contributed by atoms with van der Waals surface area (Å²) >= 11 is 0. The molecule has 2 aromatic carbocycles. The van der Waals surface area contributed by atoms with Crippen LogP contribution < -0.4 is 9.64 Å². The first-order valence-electron chi connectivity index (χ1n) is 11.9. The second-order valence-corrected chi connectivity index (χ2v) is 9.03. The van der Waals surface area contributed by atoms with Crippen molar-refractivity contribution in [3.8, 4) is 17.0 Å². The second kappa shape index (κ2) is 8.78. The van der Waals surface area contributed by atoms with Crippen molar-refractivity contribution >= 4 is 27.6 Å². The molecule has 0 N–H and O–H groups in total. The third-order valence-corrected chi connectivity index (χ3v) is 6.31. The molecule has 1 fully saturated rings. The number of para-hydroxylation sites is 1. The number of nitrogens with zero attached hydrogens (tertiary/aromatic N) is 3. The maximum Gasteiger partial charge on any atom is 0.213 e. The molecule has 5 rings (SSSR count). The van der Waals surface area contributed by atoms with Crippen molar-refractivity contribution < 1.29 is 4.74 Å². The summed E-state index contributed by atoms with van der Waals surface area (Å²) in [6, 6.07) is 19.4. The zero-order chi connectivity index (χ0) is 22.1. The Labute approximate surface area is 190 Å². The number of aromatic nitrogens is 2. The Balaban J connectivity index is 1.73. The van der Waals surface area contributed by atoms with Crippen LogP contribution in [0.15, 0.2) is 54.6 Å². The van der Waals surface area contributed by atoms with Crippen molar-refractivity contribution in [2.75, 3.05) is 24.6 Å². The highest BCUT2D eigenvalue weighted by Gasteiger charge is 2.20. The Morgan fingerprint density at radius 1 is 0.938 bits per heavy atom. The van der Waals surface area contributed by atoms with Crippen LogP contribution >= 0.6 is 0 Å². The molecule has 0 unspecified atom stereocenters. The lowest BCUT2D eigenvalue weighted by atomic mass is 9.93. The second-order valence-electron chi connectivity index (χ2n) is 9.03. The molecule has 1 saturated heterocycles. The number of fused-ring (bicyclic) bond motifs is 2. The number of hydrogen-bond donors (Lipinski definition) is 0. The van der Waals surface area contributed by atoms with E-state index in [4.69, 9.17) is 14.7 Å². The fraction of sp³-hybridized carbons (Fsp3) is 0.357. The quantitative estimate of drug-likeness (QED) is 0.335. The van der Waals surface area contributed by atoms with Crippen LogP contribution in [0.4, 0.5) is 5.82 Å². The molecular formula is C28H31N3O. The van der Waals surface area contributed by atoms with Crippen molar-refractivity contribution in [1.82, 2.24) is 9.97 Å². The molecule has 0 amide bonds. The van der Waals surface area contributed by atoms with Crippen molar-refractivity contribution in [2.24, 2.45) is 0 Å². The van der Waals surface area contributed by atoms with Crippen LogP contribution in [-0.4, -0.2) is 29.7 Å². The van der Waals surface area contributed by atoms with E-state index < -0.39 is 0 Å². The lowest BCUT2D eigenvalue weighted by Gasteiger charge is -2.22. The molecule has 3 heterocycles. The van der Waals surface area contributed by atoms with Gasteiger partial charge in [0.25, 0.3) is 0 Å². The molecule has 0 bridgehead atoms. The average Bonchev–Trinajstić information content (AvgIpc) is 3.35. The van der Waals surface area contributed by atoms with Crippen molar-refractivity contribution in [1.29, 1.82) is 0 Å². The van der Waals surface area contributed by atoms with Crippen molar-refractivity contribution in [2.45, 2.75) is 46.0 Å². The molecule has 0 spiro atoms. The summed E-state index contributed by atoms with van der Waals surface area (Å²) in [5, 5.41) is 2.37. The van der Waals surface area contributed by atoms with E-state index in [1.807, 2.05) is 6.07 Å². The normalized spacial score (nSPS) is 14.1. The van der Waals surface area contributed by atoms with E-state index in [2.05, 4.69) is 74.2 Å². The van der Waals surface area contributed by atoms with Gasteiger partial charge in [-0.25, -0.2) is 9.97 Å². The SMILES string of the molecule is CCCOc1ccc2c(C(C)C)cc(-c3cc4ccccc4nc3N3CCCC3)cc2n1. The summed E-state index contributed by atoms with van der Waals surface area (Å²) < 4.78 is 5.84. The van der Waals surface area contributed by atoms with E-state index in [0.717, 1.165) is 36.4 Å². The lowest BCUT2D eigenvalue weighted by Crippen LogP contribution is -2.20. The van der Waals surface area contributed by atoms with E-state index in [9.17, 15) is 0 Å². The van der Waals surface area contributed by atoms with E-state index in [1.165, 1.54) is 40.3 Å². The van der Waals surface area contributed by atoms with E-state index in [0.29, 0.717) is 18.4 Å². The van der Waals surface area contributed by atoms with Crippen LogP contribution in [0.3, 0.4) is 0 Å². The molecule has 2 aromatic heterocycles. The molecule has 0 aliphatic carbocycles. The van der Waals surface area contributed by atoms with Gasteiger partial charge in [0.1, 0.15) is 5.82 Å². The molecule has 32 heavy (non-hydrogen) atoms. The lowest BCUT2D eigenvalue weighted by molar-refractivity contribution is 0.306. The maximum absolute atomic E-state index is 5.84. The van der Waals surface area contributed by atoms with Gasteiger partial charge in [0.15, 0.2) is 0 Å². The largest absolute Gasteiger partial charge is 0.478 e. The highest BCUT2D eigenvalue weighted by Crippen LogP contribution is 2.38. The predicted molar refractivity (Wildman–Crippen MR) is 134 cm³/mol.